The van der Waals surface area contributed by atoms with Crippen molar-refractivity contribution in [3.05, 3.63) is 58.6 Å². The summed E-state index contributed by atoms with van der Waals surface area (Å²) < 4.78 is 5.30. The van der Waals surface area contributed by atoms with E-state index in [-0.39, 0.29) is 16.3 Å². The van der Waals surface area contributed by atoms with E-state index in [0.29, 0.717) is 17.9 Å². The molecule has 0 spiro atoms. The average Bonchev–Trinajstić information content (AvgIpc) is 2.50. The summed E-state index contributed by atoms with van der Waals surface area (Å²) in [6, 6.07) is 10.9. The van der Waals surface area contributed by atoms with E-state index < -0.39 is 11.9 Å². The van der Waals surface area contributed by atoms with Crippen LogP contribution >= 0.6 is 11.6 Å². The van der Waals surface area contributed by atoms with Crippen molar-refractivity contribution in [2.75, 3.05) is 11.9 Å². The molecule has 114 valence electrons. The molecule has 0 fully saturated rings. The van der Waals surface area contributed by atoms with Gasteiger partial charge >= 0.3 is 5.97 Å². The fraction of sp³-hybridized carbons (Fsp3) is 0.125. The number of carboxylic acids is 1. The van der Waals surface area contributed by atoms with Gasteiger partial charge in [-0.1, -0.05) is 17.7 Å². The third kappa shape index (κ3) is 3.56. The Labute approximate surface area is 132 Å². The van der Waals surface area contributed by atoms with Gasteiger partial charge in [0.05, 0.1) is 22.9 Å². The van der Waals surface area contributed by atoms with E-state index >= 15 is 0 Å². The summed E-state index contributed by atoms with van der Waals surface area (Å²) in [6.45, 7) is 2.40. The fourth-order valence-corrected chi connectivity index (χ4v) is 2.11. The molecule has 0 saturated heterocycles. The molecule has 2 N–H and O–H groups in total. The Morgan fingerprint density at radius 3 is 2.45 bits per heavy atom. The molecule has 2 rings (SSSR count). The third-order valence-electron chi connectivity index (χ3n) is 2.91. The van der Waals surface area contributed by atoms with E-state index in [1.807, 2.05) is 6.92 Å². The number of benzene rings is 2. The van der Waals surface area contributed by atoms with Crippen LogP contribution in [0.1, 0.15) is 27.6 Å². The molecule has 0 radical (unpaired) electrons. The number of rotatable bonds is 5. The van der Waals surface area contributed by atoms with Crippen molar-refractivity contribution in [3.63, 3.8) is 0 Å². The molecule has 0 heterocycles. The van der Waals surface area contributed by atoms with Crippen LogP contribution in [0, 0.1) is 0 Å². The Kier molecular flexibility index (Phi) is 5.01. The highest BCUT2D eigenvalue weighted by Crippen LogP contribution is 2.26. The molecule has 0 saturated carbocycles. The topological polar surface area (TPSA) is 75.6 Å². The molecule has 0 atom stereocenters. The van der Waals surface area contributed by atoms with Crippen LogP contribution in [0.5, 0.6) is 5.75 Å². The van der Waals surface area contributed by atoms with E-state index in [9.17, 15) is 9.59 Å². The van der Waals surface area contributed by atoms with Crippen molar-refractivity contribution in [2.45, 2.75) is 6.92 Å². The van der Waals surface area contributed by atoms with Crippen LogP contribution in [0.4, 0.5) is 5.69 Å². The summed E-state index contributed by atoms with van der Waals surface area (Å²) in [6.07, 6.45) is 0. The number of nitrogens with one attached hydrogen (secondary N) is 1. The zero-order valence-electron chi connectivity index (χ0n) is 11.8. The van der Waals surface area contributed by atoms with Gasteiger partial charge in [-0.05, 0) is 43.3 Å². The molecular weight excluding hydrogens is 306 g/mol. The van der Waals surface area contributed by atoms with Crippen molar-refractivity contribution in [1.82, 2.24) is 0 Å². The lowest BCUT2D eigenvalue weighted by molar-refractivity contribution is 0.0698. The maximum absolute atomic E-state index is 12.2. The Morgan fingerprint density at radius 2 is 1.86 bits per heavy atom. The van der Waals surface area contributed by atoms with Crippen LogP contribution in [-0.2, 0) is 0 Å². The number of amides is 1. The highest BCUT2D eigenvalue weighted by Gasteiger charge is 2.16. The maximum Gasteiger partial charge on any atom is 0.337 e. The van der Waals surface area contributed by atoms with E-state index in [1.165, 1.54) is 18.2 Å². The molecule has 2 aromatic carbocycles. The zero-order valence-corrected chi connectivity index (χ0v) is 12.6. The van der Waals surface area contributed by atoms with Gasteiger partial charge in [0, 0.05) is 5.56 Å². The van der Waals surface area contributed by atoms with Gasteiger partial charge in [-0.15, -0.1) is 0 Å². The monoisotopic (exact) mass is 319 g/mol. The minimum absolute atomic E-state index is 0.0632. The van der Waals surface area contributed by atoms with Crippen LogP contribution in [0.3, 0.4) is 0 Å². The van der Waals surface area contributed by atoms with Gasteiger partial charge in [0.1, 0.15) is 5.75 Å². The first-order valence-electron chi connectivity index (χ1n) is 6.59. The predicted molar refractivity (Wildman–Crippen MR) is 84.0 cm³/mol. The number of halogens is 1. The molecule has 6 heteroatoms. The predicted octanol–water partition coefficient (Wildman–Crippen LogP) is 3.69. The lowest BCUT2D eigenvalue weighted by Gasteiger charge is -2.11. The van der Waals surface area contributed by atoms with Gasteiger partial charge in [-0.2, -0.15) is 0 Å². The summed E-state index contributed by atoms with van der Waals surface area (Å²) in [5, 5.41) is 11.8. The van der Waals surface area contributed by atoms with Crippen molar-refractivity contribution in [3.8, 4) is 5.75 Å². The van der Waals surface area contributed by atoms with Gasteiger partial charge in [0.2, 0.25) is 0 Å². The Hall–Kier alpha value is -2.53. The molecule has 1 amide bonds. The van der Waals surface area contributed by atoms with Crippen molar-refractivity contribution in [1.29, 1.82) is 0 Å². The number of para-hydroxylation sites is 1. The molecule has 5 nitrogen and oxygen atoms in total. The maximum atomic E-state index is 12.2. The molecule has 0 aliphatic carbocycles. The number of carbonyl (C=O) groups excluding carboxylic acids is 1. The normalized spacial score (nSPS) is 10.1. The van der Waals surface area contributed by atoms with Crippen LogP contribution in [0.2, 0.25) is 5.02 Å². The molecule has 0 unspecified atom stereocenters. The van der Waals surface area contributed by atoms with E-state index in [4.69, 9.17) is 21.4 Å². The molecule has 0 aliphatic rings. The standard InChI is InChI=1S/C16H14ClNO4/c1-2-22-11-8-6-10(7-9-11)15(19)18-14-12(16(20)21)4-3-5-13(14)17/h3-9H,2H2,1H3,(H,18,19)(H,20,21). The second-order valence-electron chi connectivity index (χ2n) is 4.38. The molecule has 0 aliphatic heterocycles. The molecular formula is C16H14ClNO4. The smallest absolute Gasteiger partial charge is 0.337 e. The number of aromatic carboxylic acids is 1. The SMILES string of the molecule is CCOc1ccc(C(=O)Nc2c(Cl)cccc2C(=O)O)cc1. The zero-order chi connectivity index (χ0) is 16.1. The number of anilines is 1. The van der Waals surface area contributed by atoms with Crippen LogP contribution in [0.25, 0.3) is 0 Å². The van der Waals surface area contributed by atoms with Crippen LogP contribution in [-0.4, -0.2) is 23.6 Å². The second kappa shape index (κ2) is 6.95. The lowest BCUT2D eigenvalue weighted by atomic mass is 10.1. The first kappa shape index (κ1) is 15.9. The second-order valence-corrected chi connectivity index (χ2v) is 4.79. The van der Waals surface area contributed by atoms with Gasteiger partial charge < -0.3 is 15.2 Å². The first-order chi connectivity index (χ1) is 10.5. The number of carboxylic acid groups (broad SMARTS) is 1. The van der Waals surface area contributed by atoms with E-state index in [0.717, 1.165) is 0 Å². The number of ether oxygens (including phenoxy) is 1. The number of carbonyl (C=O) groups is 2. The quantitative estimate of drug-likeness (QED) is 0.881. The highest BCUT2D eigenvalue weighted by atomic mass is 35.5. The summed E-state index contributed by atoms with van der Waals surface area (Å²) >= 11 is 5.97. The van der Waals surface area contributed by atoms with Crippen LogP contribution < -0.4 is 10.1 Å². The van der Waals surface area contributed by atoms with Crippen molar-refractivity contribution in [2.24, 2.45) is 0 Å². The Bertz CT molecular complexity index is 698. The van der Waals surface area contributed by atoms with Crippen molar-refractivity contribution < 1.29 is 19.4 Å². The summed E-state index contributed by atoms with van der Waals surface area (Å²) in [7, 11) is 0. The number of hydrogen-bond acceptors (Lipinski definition) is 3. The van der Waals surface area contributed by atoms with Gasteiger partial charge in [0.15, 0.2) is 0 Å². The van der Waals surface area contributed by atoms with Gasteiger partial charge in [-0.3, -0.25) is 4.79 Å². The van der Waals surface area contributed by atoms with Crippen LogP contribution in [0.15, 0.2) is 42.5 Å². The first-order valence-corrected chi connectivity index (χ1v) is 6.96. The molecule has 22 heavy (non-hydrogen) atoms. The molecule has 0 aromatic heterocycles. The van der Waals surface area contributed by atoms with E-state index in [1.54, 1.807) is 24.3 Å². The number of hydrogen-bond donors (Lipinski definition) is 2. The summed E-state index contributed by atoms with van der Waals surface area (Å²) in [5.41, 5.74) is 0.391. The highest BCUT2D eigenvalue weighted by molar-refractivity contribution is 6.34. The minimum Gasteiger partial charge on any atom is -0.494 e. The summed E-state index contributed by atoms with van der Waals surface area (Å²) in [5.74, 6) is -0.953. The Balaban J connectivity index is 2.24. The third-order valence-corrected chi connectivity index (χ3v) is 3.23. The van der Waals surface area contributed by atoms with E-state index in [2.05, 4.69) is 5.32 Å². The fourth-order valence-electron chi connectivity index (χ4n) is 1.88. The molecule has 2 aromatic rings. The largest absolute Gasteiger partial charge is 0.494 e. The minimum atomic E-state index is -1.16. The van der Waals surface area contributed by atoms with Crippen molar-refractivity contribution >= 4 is 29.2 Å². The average molecular weight is 320 g/mol. The Morgan fingerprint density at radius 1 is 1.18 bits per heavy atom. The summed E-state index contributed by atoms with van der Waals surface area (Å²) in [4.78, 5) is 23.4. The lowest BCUT2D eigenvalue weighted by Crippen LogP contribution is -2.15. The van der Waals surface area contributed by atoms with Gasteiger partial charge in [-0.25, -0.2) is 4.79 Å². The van der Waals surface area contributed by atoms with Gasteiger partial charge in [0.25, 0.3) is 5.91 Å². The molecule has 0 bridgehead atoms.